The minimum Gasteiger partial charge on any atom is -2.00 e. The van der Waals surface area contributed by atoms with Gasteiger partial charge in [-0.1, -0.05) is 0 Å². The monoisotopic (exact) mass is 180 g/mol. The first-order valence-electron chi connectivity index (χ1n) is 0. The quantitative estimate of drug-likeness (QED) is 0.439. The Hall–Kier alpha value is 1.33. The molecule has 0 aromatic carbocycles. The van der Waals surface area contributed by atoms with Gasteiger partial charge in [0.2, 0.25) is 0 Å². The van der Waals surface area contributed by atoms with E-state index in [-0.39, 0.29) is 66.2 Å². The fraction of sp³-hybridized carbons (Fsp3) is 0. The second-order valence-corrected chi connectivity index (χ2v) is 0. The van der Waals surface area contributed by atoms with E-state index in [0.717, 1.165) is 0 Å². The Bertz CT molecular complexity index is 10.8. The first-order valence-corrected chi connectivity index (χ1v) is 0. The van der Waals surface area contributed by atoms with Gasteiger partial charge in [-0.05, 0) is 0 Å². The Morgan fingerprint density at radius 3 is 0.667 bits per heavy atom. The molecule has 0 spiro atoms. The molecule has 3 nitrogen and oxygen atoms in total. The van der Waals surface area contributed by atoms with Crippen LogP contribution in [0.15, 0.2) is 0 Å². The van der Waals surface area contributed by atoms with Crippen molar-refractivity contribution in [3.63, 3.8) is 0 Å². The van der Waals surface area contributed by atoms with Crippen molar-refractivity contribution in [3.05, 3.63) is 0 Å². The standard InChI is InChI=1S/Fe.3O.Si.Ti/q+2;3*-2;2*+4. The van der Waals surface area contributed by atoms with Crippen molar-refractivity contribution in [2.75, 3.05) is 0 Å². The Morgan fingerprint density at radius 2 is 0.667 bits per heavy atom. The summed E-state index contributed by atoms with van der Waals surface area (Å²) in [5, 5.41) is 0. The van der Waals surface area contributed by atoms with Crippen LogP contribution in [-0.2, 0) is 55.2 Å². The molecule has 0 radical (unpaired) electrons. The first-order chi connectivity index (χ1) is 0. The molecule has 6 heteroatoms. The third kappa shape index (κ3) is 56.5. The molecular weight excluding hydrogens is 180 g/mol. The van der Waals surface area contributed by atoms with E-state index >= 15 is 0 Å². The maximum Gasteiger partial charge on any atom is 4.00 e. The summed E-state index contributed by atoms with van der Waals surface area (Å²) < 4.78 is 0. The molecule has 0 unspecified atom stereocenters. The van der Waals surface area contributed by atoms with Crippen molar-refractivity contribution in [2.45, 2.75) is 0 Å². The largest absolute Gasteiger partial charge is 4.00 e. The van der Waals surface area contributed by atoms with Gasteiger partial charge in [-0.25, -0.2) is 0 Å². The minimum atomic E-state index is 0. The van der Waals surface area contributed by atoms with Gasteiger partial charge in [0.15, 0.2) is 0 Å². The molecule has 0 aliphatic heterocycles. The summed E-state index contributed by atoms with van der Waals surface area (Å²) in [6.45, 7) is 0. The average Bonchev–Trinajstić information content (AvgIpc) is 0. The van der Waals surface area contributed by atoms with Gasteiger partial charge >= 0.3 is 49.8 Å². The van der Waals surface area contributed by atoms with E-state index in [9.17, 15) is 0 Å². The molecule has 0 rings (SSSR count). The van der Waals surface area contributed by atoms with Crippen LogP contribution < -0.4 is 0 Å². The van der Waals surface area contributed by atoms with E-state index in [0.29, 0.717) is 0 Å². The van der Waals surface area contributed by atoms with E-state index in [4.69, 9.17) is 0 Å². The van der Waals surface area contributed by atoms with Crippen LogP contribution in [0.2, 0.25) is 0 Å². The predicted octanol–water partition coefficient (Wildman–Crippen LogP) is -0.742. The Kier molecular flexibility index (Phi) is 2810. The molecule has 0 saturated carbocycles. The molecule has 6 heavy (non-hydrogen) atoms. The van der Waals surface area contributed by atoms with Crippen LogP contribution >= 0.6 is 0 Å². The van der Waals surface area contributed by atoms with E-state index in [1.54, 1.807) is 0 Å². The molecule has 0 heterocycles. The molecular formula is FeO3SiTi+4. The molecule has 0 aromatic heterocycles. The SMILES string of the molecule is [Fe+2].[O-2].[O-2].[O-2].[Si+4].[Ti+4]. The molecule has 0 fully saturated rings. The van der Waals surface area contributed by atoms with Crippen molar-refractivity contribution in [2.24, 2.45) is 0 Å². The van der Waals surface area contributed by atoms with Crippen LogP contribution in [0.25, 0.3) is 0 Å². The maximum absolute atomic E-state index is 0. The van der Waals surface area contributed by atoms with Crippen LogP contribution in [-0.4, -0.2) is 11.0 Å². The second kappa shape index (κ2) is 102. The van der Waals surface area contributed by atoms with Crippen molar-refractivity contribution in [3.8, 4) is 0 Å². The summed E-state index contributed by atoms with van der Waals surface area (Å²) in [7, 11) is 0. The number of rotatable bonds is 0. The van der Waals surface area contributed by atoms with Gasteiger partial charge in [0, 0.05) is 0 Å². The van der Waals surface area contributed by atoms with Gasteiger partial charge in [-0.2, -0.15) is 0 Å². The predicted molar refractivity (Wildman–Crippen MR) is 7.81 cm³/mol. The summed E-state index contributed by atoms with van der Waals surface area (Å²) in [6, 6.07) is 0. The molecule has 0 aliphatic rings. The molecule has 0 saturated heterocycles. The third-order valence-corrected chi connectivity index (χ3v) is 0. The van der Waals surface area contributed by atoms with Crippen molar-refractivity contribution < 1.29 is 55.2 Å². The van der Waals surface area contributed by atoms with Crippen molar-refractivity contribution in [1.82, 2.24) is 0 Å². The Balaban J connectivity index is 0. The van der Waals surface area contributed by atoms with Crippen LogP contribution in [0.1, 0.15) is 0 Å². The Morgan fingerprint density at radius 1 is 0.667 bits per heavy atom. The van der Waals surface area contributed by atoms with Gasteiger partial charge in [0.05, 0.1) is 0 Å². The number of hydrogen-bond acceptors (Lipinski definition) is 0. The van der Waals surface area contributed by atoms with Gasteiger partial charge in [-0.3, -0.25) is 0 Å². The normalized spacial score (nSPS) is 0. The molecule has 0 N–H and O–H groups in total. The van der Waals surface area contributed by atoms with E-state index in [2.05, 4.69) is 0 Å². The van der Waals surface area contributed by atoms with E-state index < -0.39 is 0 Å². The topological polar surface area (TPSA) is 85.5 Å². The maximum atomic E-state index is 0. The van der Waals surface area contributed by atoms with Crippen LogP contribution in [0, 0.1) is 0 Å². The molecule has 0 aliphatic carbocycles. The summed E-state index contributed by atoms with van der Waals surface area (Å²) >= 11 is 0. The van der Waals surface area contributed by atoms with Crippen molar-refractivity contribution >= 4 is 11.0 Å². The van der Waals surface area contributed by atoms with Crippen LogP contribution in [0.4, 0.5) is 0 Å². The molecule has 0 atom stereocenters. The third-order valence-electron chi connectivity index (χ3n) is 0. The fourth-order valence-corrected chi connectivity index (χ4v) is 0. The average molecular weight is 180 g/mol. The van der Waals surface area contributed by atoms with E-state index in [1.165, 1.54) is 0 Å². The number of hydrogen-bond donors (Lipinski definition) is 0. The molecule has 0 aromatic rings. The molecule has 0 bridgehead atoms. The zero-order valence-electron chi connectivity index (χ0n) is 2.58. The molecule has 0 amide bonds. The smallest absolute Gasteiger partial charge is 2.00 e. The van der Waals surface area contributed by atoms with Gasteiger partial charge < -0.3 is 16.4 Å². The van der Waals surface area contributed by atoms with Crippen molar-refractivity contribution in [1.29, 1.82) is 0 Å². The van der Waals surface area contributed by atoms with Gasteiger partial charge in [-0.15, -0.1) is 0 Å². The van der Waals surface area contributed by atoms with E-state index in [1.807, 2.05) is 0 Å². The second-order valence-electron chi connectivity index (χ2n) is 0. The van der Waals surface area contributed by atoms with Gasteiger partial charge in [0.25, 0.3) is 0 Å². The Labute approximate surface area is 66.2 Å². The summed E-state index contributed by atoms with van der Waals surface area (Å²) in [4.78, 5) is 0. The zero-order valence-corrected chi connectivity index (χ0v) is 6.24. The summed E-state index contributed by atoms with van der Waals surface area (Å²) in [5.41, 5.74) is 0. The zero-order chi connectivity index (χ0) is 0. The fourth-order valence-electron chi connectivity index (χ4n) is 0. The minimum absolute atomic E-state index is 0. The van der Waals surface area contributed by atoms with Gasteiger partial charge in [0.1, 0.15) is 0 Å². The first kappa shape index (κ1) is 166. The summed E-state index contributed by atoms with van der Waals surface area (Å²) in [5.74, 6) is 0. The molecule has 30 valence electrons. The summed E-state index contributed by atoms with van der Waals surface area (Å²) in [6.07, 6.45) is 0. The van der Waals surface area contributed by atoms with Crippen LogP contribution in [0.3, 0.4) is 0 Å². The van der Waals surface area contributed by atoms with Crippen LogP contribution in [0.5, 0.6) is 0 Å².